The van der Waals surface area contributed by atoms with Gasteiger partial charge in [-0.2, -0.15) is 0 Å². The number of phosphoric acid groups is 1. The summed E-state index contributed by atoms with van der Waals surface area (Å²) in [5.41, 5.74) is 0. The monoisotopic (exact) mass is 921 g/mol. The second-order valence-electron chi connectivity index (χ2n) is 15.3. The first-order chi connectivity index (χ1) is 30.8. The van der Waals surface area contributed by atoms with Crippen LogP contribution in [0.3, 0.4) is 0 Å². The molecular formula is C49H77O14P. The van der Waals surface area contributed by atoms with Gasteiger partial charge in [0.25, 0.3) is 0 Å². The molecule has 0 aromatic rings. The van der Waals surface area contributed by atoms with Crippen LogP contribution in [-0.4, -0.2) is 110 Å². The van der Waals surface area contributed by atoms with Crippen molar-refractivity contribution in [3.05, 3.63) is 109 Å². The van der Waals surface area contributed by atoms with E-state index in [2.05, 4.69) is 74.6 Å². The number of unbranched alkanes of at least 4 members (excludes halogenated alkanes) is 5. The smallest absolute Gasteiger partial charge is 0.462 e. The highest BCUT2D eigenvalue weighted by atomic mass is 31.2. The molecule has 1 rings (SSSR count). The lowest BCUT2D eigenvalue weighted by Crippen LogP contribution is -2.64. The Morgan fingerprint density at radius 3 is 1.64 bits per heavy atom. The Morgan fingerprint density at radius 1 is 0.562 bits per heavy atom. The maximum Gasteiger partial charge on any atom is 0.472 e. The summed E-state index contributed by atoms with van der Waals surface area (Å²) in [5, 5.41) is 60.2. The van der Waals surface area contributed by atoms with E-state index in [4.69, 9.17) is 18.5 Å². The highest BCUT2D eigenvalue weighted by Crippen LogP contribution is 2.47. The number of hydrogen-bond donors (Lipinski definition) is 7. The largest absolute Gasteiger partial charge is 0.472 e. The third-order valence-electron chi connectivity index (χ3n) is 9.69. The molecule has 1 saturated carbocycles. The van der Waals surface area contributed by atoms with Gasteiger partial charge in [0, 0.05) is 12.8 Å². The predicted octanol–water partition coefficient (Wildman–Crippen LogP) is 7.80. The highest BCUT2D eigenvalue weighted by Gasteiger charge is 2.51. The number of allylic oxidation sites excluding steroid dienone is 16. The second-order valence-corrected chi connectivity index (χ2v) is 16.7. The fraction of sp³-hybridized carbons (Fsp3) is 0.592. The van der Waals surface area contributed by atoms with Gasteiger partial charge in [0.05, 0.1) is 12.7 Å². The van der Waals surface area contributed by atoms with Gasteiger partial charge in [-0.15, -0.1) is 0 Å². The van der Waals surface area contributed by atoms with Crippen molar-refractivity contribution in [2.75, 3.05) is 13.2 Å². The van der Waals surface area contributed by atoms with Gasteiger partial charge < -0.3 is 45.0 Å². The van der Waals surface area contributed by atoms with Gasteiger partial charge in [-0.05, 0) is 83.5 Å². The quantitative estimate of drug-likeness (QED) is 0.0106. The van der Waals surface area contributed by atoms with Crippen molar-refractivity contribution in [3.8, 4) is 0 Å². The molecule has 0 bridgehead atoms. The van der Waals surface area contributed by atoms with E-state index in [-0.39, 0.29) is 12.8 Å². The summed E-state index contributed by atoms with van der Waals surface area (Å²) in [6, 6.07) is 0. The lowest BCUT2D eigenvalue weighted by Gasteiger charge is -2.41. The average Bonchev–Trinajstić information content (AvgIpc) is 3.27. The van der Waals surface area contributed by atoms with Crippen molar-refractivity contribution < 1.29 is 68.2 Å². The van der Waals surface area contributed by atoms with Gasteiger partial charge >= 0.3 is 19.8 Å². The van der Waals surface area contributed by atoms with E-state index in [1.807, 2.05) is 36.5 Å². The van der Waals surface area contributed by atoms with Crippen LogP contribution in [0.25, 0.3) is 0 Å². The Kier molecular flexibility index (Phi) is 34.4. The molecule has 0 heterocycles. The Bertz CT molecular complexity index is 1550. The molecule has 4 unspecified atom stereocenters. The molecule has 1 fully saturated rings. The van der Waals surface area contributed by atoms with Gasteiger partial charge in [0.2, 0.25) is 0 Å². The number of carbonyl (C=O) groups excluding carboxylic acids is 2. The van der Waals surface area contributed by atoms with Gasteiger partial charge in [0.15, 0.2) is 6.10 Å². The third-order valence-corrected chi connectivity index (χ3v) is 10.7. The van der Waals surface area contributed by atoms with Crippen molar-refractivity contribution in [1.82, 2.24) is 0 Å². The summed E-state index contributed by atoms with van der Waals surface area (Å²) in [5.74, 6) is -1.25. The lowest BCUT2D eigenvalue weighted by atomic mass is 9.85. The zero-order valence-corrected chi connectivity index (χ0v) is 38.8. The van der Waals surface area contributed by atoms with Gasteiger partial charge in [-0.25, -0.2) is 4.57 Å². The molecule has 14 nitrogen and oxygen atoms in total. The summed E-state index contributed by atoms with van der Waals surface area (Å²) >= 11 is 0. The number of hydrogen-bond acceptors (Lipinski definition) is 13. The standard InChI is InChI=1S/C49H77O14P/c1-3-5-7-9-11-12-13-14-15-16-17-18-19-20-24-28-32-36-42(51)60-38-41(39-61-64(58,59)63-49-47(56)45(54)44(53)46(55)48(49)57)62-43(52)37-33-29-25-22-21-23-27-31-35-40(50)34-30-26-10-8-6-4-2/h5-8,11-12,14-15,17-18,22-23,25-27,30-31,35,40-41,44-50,53-57H,3-4,9-10,13,16,19-21,24,28-29,32-34,36-39H2,1-2H3,(H,58,59)/b7-5-,8-6-,12-11-,15-14-,18-17-,25-22-,27-23-,30-26-,35-31+/t40?,41-,44?,45-,46+,47-,48-,49?/m1/s1. The van der Waals surface area contributed by atoms with E-state index >= 15 is 0 Å². The molecule has 0 spiro atoms. The maximum absolute atomic E-state index is 12.8. The minimum absolute atomic E-state index is 0.0264. The van der Waals surface area contributed by atoms with E-state index in [1.165, 1.54) is 0 Å². The first kappa shape index (κ1) is 58.5. The summed E-state index contributed by atoms with van der Waals surface area (Å²) in [6.07, 6.45) is 34.6. The van der Waals surface area contributed by atoms with Gasteiger partial charge in [-0.1, -0.05) is 136 Å². The van der Waals surface area contributed by atoms with E-state index < -0.39 is 81.8 Å². The maximum atomic E-state index is 12.8. The van der Waals surface area contributed by atoms with Crippen LogP contribution in [0.15, 0.2) is 109 Å². The van der Waals surface area contributed by atoms with E-state index in [0.717, 1.165) is 64.2 Å². The number of carbonyl (C=O) groups is 2. The first-order valence-electron chi connectivity index (χ1n) is 22.8. The van der Waals surface area contributed by atoms with Crippen LogP contribution in [-0.2, 0) is 32.7 Å². The van der Waals surface area contributed by atoms with Gasteiger partial charge in [0.1, 0.15) is 43.2 Å². The summed E-state index contributed by atoms with van der Waals surface area (Å²) in [4.78, 5) is 35.7. The molecule has 9 atom stereocenters. The molecular weight excluding hydrogens is 843 g/mol. The van der Waals surface area contributed by atoms with Crippen molar-refractivity contribution in [2.24, 2.45) is 0 Å². The zero-order valence-electron chi connectivity index (χ0n) is 37.9. The van der Waals surface area contributed by atoms with Crippen molar-refractivity contribution in [3.63, 3.8) is 0 Å². The first-order valence-corrected chi connectivity index (χ1v) is 24.3. The molecule has 7 N–H and O–H groups in total. The zero-order chi connectivity index (χ0) is 47.3. The number of ether oxygens (including phenoxy) is 2. The summed E-state index contributed by atoms with van der Waals surface area (Å²) in [6.45, 7) is 2.91. The van der Waals surface area contributed by atoms with Crippen LogP contribution in [0.4, 0.5) is 0 Å². The molecule has 0 radical (unpaired) electrons. The third kappa shape index (κ3) is 29.8. The van der Waals surface area contributed by atoms with Crippen LogP contribution >= 0.6 is 7.82 Å². The van der Waals surface area contributed by atoms with Crippen LogP contribution in [0.1, 0.15) is 123 Å². The Balaban J connectivity index is 2.57. The number of aliphatic hydroxyl groups excluding tert-OH is 6. The second kappa shape index (κ2) is 37.7. The Hall–Kier alpha value is -3.53. The number of aliphatic hydroxyl groups is 6. The molecule has 0 aromatic carbocycles. The average molecular weight is 921 g/mol. The molecule has 15 heteroatoms. The minimum atomic E-state index is -5.16. The van der Waals surface area contributed by atoms with Crippen molar-refractivity contribution in [2.45, 2.75) is 172 Å². The van der Waals surface area contributed by atoms with Crippen molar-refractivity contribution in [1.29, 1.82) is 0 Å². The van der Waals surface area contributed by atoms with E-state index in [1.54, 1.807) is 12.2 Å². The van der Waals surface area contributed by atoms with Crippen molar-refractivity contribution >= 4 is 19.8 Å². The van der Waals surface area contributed by atoms with Crippen LogP contribution < -0.4 is 0 Å². The molecule has 0 saturated heterocycles. The minimum Gasteiger partial charge on any atom is -0.462 e. The molecule has 1 aliphatic carbocycles. The number of rotatable bonds is 35. The molecule has 1 aliphatic rings. The lowest BCUT2D eigenvalue weighted by molar-refractivity contribution is -0.220. The summed E-state index contributed by atoms with van der Waals surface area (Å²) in [7, 11) is -5.16. The Morgan fingerprint density at radius 2 is 1.05 bits per heavy atom. The molecule has 64 heavy (non-hydrogen) atoms. The molecule has 0 aromatic heterocycles. The number of esters is 2. The fourth-order valence-electron chi connectivity index (χ4n) is 6.04. The van der Waals surface area contributed by atoms with Crippen LogP contribution in [0.2, 0.25) is 0 Å². The Labute approximate surface area is 381 Å². The van der Waals surface area contributed by atoms with Gasteiger partial charge in [-0.3, -0.25) is 18.6 Å². The van der Waals surface area contributed by atoms with E-state index in [9.17, 15) is 49.7 Å². The predicted molar refractivity (Wildman–Crippen MR) is 250 cm³/mol. The number of phosphoric ester groups is 1. The molecule has 362 valence electrons. The highest BCUT2D eigenvalue weighted by molar-refractivity contribution is 7.47. The molecule has 0 amide bonds. The topological polar surface area (TPSA) is 230 Å². The van der Waals surface area contributed by atoms with Crippen LogP contribution in [0, 0.1) is 0 Å². The van der Waals surface area contributed by atoms with Crippen LogP contribution in [0.5, 0.6) is 0 Å². The fourth-order valence-corrected chi connectivity index (χ4v) is 7.02. The molecule has 0 aliphatic heterocycles. The van der Waals surface area contributed by atoms with E-state index in [0.29, 0.717) is 32.1 Å². The normalized spacial score (nSPS) is 23.1. The SMILES string of the molecule is CC/C=C\C/C=C\C/C=C\C/C=C\CCCCCCC(=O)OC[C@H](COP(=O)(O)OC1[C@H](O)[C@H](O)C(O)[C@H](O)[C@H]1O)OC(=O)CCC/C=C\C/C=C\C=C\C(O)C/C=C\C/C=C\CC. The summed E-state index contributed by atoms with van der Waals surface area (Å²) < 4.78 is 33.4.